The van der Waals surface area contributed by atoms with Gasteiger partial charge in [-0.1, -0.05) is 37.6 Å². The zero-order valence-electron chi connectivity index (χ0n) is 15.7. The fraction of sp³-hybridized carbons (Fsp3) is 0.190. The summed E-state index contributed by atoms with van der Waals surface area (Å²) in [6.45, 7) is 3.99. The first-order valence-corrected chi connectivity index (χ1v) is 9.56. The molecule has 0 spiro atoms. The second-order valence-electron chi connectivity index (χ2n) is 6.55. The van der Waals surface area contributed by atoms with E-state index in [0.717, 1.165) is 5.56 Å². The van der Waals surface area contributed by atoms with E-state index in [0.29, 0.717) is 28.7 Å². The van der Waals surface area contributed by atoms with E-state index in [1.165, 1.54) is 6.08 Å². The predicted octanol–water partition coefficient (Wildman–Crippen LogP) is 4.85. The van der Waals surface area contributed by atoms with Crippen LogP contribution in [0.2, 0.25) is 5.02 Å². The third-order valence-corrected chi connectivity index (χ3v) is 4.01. The molecule has 0 aliphatic heterocycles. The van der Waals surface area contributed by atoms with Crippen LogP contribution in [0.5, 0.6) is 0 Å². The van der Waals surface area contributed by atoms with Crippen molar-refractivity contribution >= 4 is 58.2 Å². The lowest BCUT2D eigenvalue weighted by atomic mass is 10.1. The van der Waals surface area contributed by atoms with Crippen molar-refractivity contribution < 1.29 is 9.59 Å². The normalized spacial score (nSPS) is 10.7. The molecule has 0 heterocycles. The van der Waals surface area contributed by atoms with Gasteiger partial charge in [0.05, 0.1) is 0 Å². The molecule has 0 unspecified atom stereocenters. The summed E-state index contributed by atoms with van der Waals surface area (Å²) in [5.41, 5.74) is 2.26. The van der Waals surface area contributed by atoms with Gasteiger partial charge in [0.25, 0.3) is 0 Å². The number of hydrogen-bond acceptors (Lipinski definition) is 3. The lowest BCUT2D eigenvalue weighted by molar-refractivity contribution is -0.117. The van der Waals surface area contributed by atoms with Gasteiger partial charge in [0.1, 0.15) is 0 Å². The number of nitrogens with one attached hydrogen (secondary N) is 3. The number of benzene rings is 2. The first-order chi connectivity index (χ1) is 13.3. The molecule has 2 aromatic carbocycles. The second kappa shape index (κ2) is 10.6. The van der Waals surface area contributed by atoms with Gasteiger partial charge in [-0.25, -0.2) is 0 Å². The Morgan fingerprint density at radius 3 is 2.14 bits per heavy atom. The van der Waals surface area contributed by atoms with Crippen LogP contribution in [-0.4, -0.2) is 16.9 Å². The van der Waals surface area contributed by atoms with Crippen LogP contribution in [0.25, 0.3) is 6.08 Å². The van der Waals surface area contributed by atoms with Gasteiger partial charge in [-0.3, -0.25) is 14.9 Å². The highest BCUT2D eigenvalue weighted by atomic mass is 35.5. The van der Waals surface area contributed by atoms with Crippen molar-refractivity contribution in [2.24, 2.45) is 5.92 Å². The van der Waals surface area contributed by atoms with Crippen LogP contribution in [-0.2, 0) is 9.59 Å². The van der Waals surface area contributed by atoms with Gasteiger partial charge in [0.2, 0.25) is 11.8 Å². The molecule has 3 N–H and O–H groups in total. The number of anilines is 2. The Hall–Kier alpha value is -2.70. The fourth-order valence-corrected chi connectivity index (χ4v) is 2.63. The average Bonchev–Trinajstić information content (AvgIpc) is 2.62. The van der Waals surface area contributed by atoms with Gasteiger partial charge in [0, 0.05) is 28.9 Å². The summed E-state index contributed by atoms with van der Waals surface area (Å²) in [6.07, 6.45) is 3.53. The molecule has 0 saturated carbocycles. The summed E-state index contributed by atoms with van der Waals surface area (Å²) in [6, 6.07) is 14.2. The predicted molar refractivity (Wildman–Crippen MR) is 119 cm³/mol. The number of hydrogen-bond donors (Lipinski definition) is 3. The standard InChI is InChI=1S/C21H22ClN3O2S/c1-14(2)13-20(27)23-17-8-10-18(11-9-17)24-21(28)25-19(26)12-5-15-3-6-16(22)7-4-15/h3-12,14H,13H2,1-2H3,(H,23,27)(H2,24,25,26,28)/b12-5+. The highest BCUT2D eigenvalue weighted by Gasteiger charge is 2.06. The molecule has 0 bridgehead atoms. The van der Waals surface area contributed by atoms with Crippen molar-refractivity contribution in [2.45, 2.75) is 20.3 Å². The summed E-state index contributed by atoms with van der Waals surface area (Å²) in [5.74, 6) is -0.0633. The Morgan fingerprint density at radius 1 is 1.00 bits per heavy atom. The van der Waals surface area contributed by atoms with E-state index in [4.69, 9.17) is 23.8 Å². The quantitative estimate of drug-likeness (QED) is 0.466. The number of carbonyl (C=O) groups is 2. The SMILES string of the molecule is CC(C)CC(=O)Nc1ccc(NC(=S)NC(=O)/C=C/c2ccc(Cl)cc2)cc1. The highest BCUT2D eigenvalue weighted by Crippen LogP contribution is 2.14. The Labute approximate surface area is 175 Å². The summed E-state index contributed by atoms with van der Waals surface area (Å²) in [4.78, 5) is 23.7. The maximum atomic E-state index is 11.9. The van der Waals surface area contributed by atoms with Crippen molar-refractivity contribution in [2.75, 3.05) is 10.6 Å². The van der Waals surface area contributed by atoms with E-state index in [-0.39, 0.29) is 16.9 Å². The Morgan fingerprint density at radius 2 is 1.57 bits per heavy atom. The molecule has 2 amide bonds. The van der Waals surface area contributed by atoms with E-state index in [2.05, 4.69) is 16.0 Å². The molecular weight excluding hydrogens is 394 g/mol. The molecule has 0 radical (unpaired) electrons. The minimum atomic E-state index is -0.343. The van der Waals surface area contributed by atoms with Gasteiger partial charge >= 0.3 is 0 Å². The largest absolute Gasteiger partial charge is 0.332 e. The third-order valence-electron chi connectivity index (χ3n) is 3.55. The summed E-state index contributed by atoms with van der Waals surface area (Å²) in [5, 5.41) is 9.16. The monoisotopic (exact) mass is 415 g/mol. The number of amides is 2. The van der Waals surface area contributed by atoms with Gasteiger partial charge in [-0.15, -0.1) is 0 Å². The molecule has 0 fully saturated rings. The Kier molecular flexibility index (Phi) is 8.17. The Bertz CT molecular complexity index is 862. The van der Waals surface area contributed by atoms with Crippen LogP contribution in [0.15, 0.2) is 54.6 Å². The molecule has 146 valence electrons. The van der Waals surface area contributed by atoms with Crippen LogP contribution in [0.1, 0.15) is 25.8 Å². The van der Waals surface area contributed by atoms with Crippen molar-refractivity contribution in [1.82, 2.24) is 5.32 Å². The van der Waals surface area contributed by atoms with Gasteiger partial charge in [0.15, 0.2) is 5.11 Å². The van der Waals surface area contributed by atoms with E-state index in [1.54, 1.807) is 42.5 Å². The molecule has 0 saturated heterocycles. The zero-order valence-corrected chi connectivity index (χ0v) is 17.2. The third kappa shape index (κ3) is 7.90. The van der Waals surface area contributed by atoms with Crippen LogP contribution in [0, 0.1) is 5.92 Å². The molecule has 2 aromatic rings. The molecule has 2 rings (SSSR count). The van der Waals surface area contributed by atoms with E-state index < -0.39 is 0 Å². The minimum Gasteiger partial charge on any atom is -0.332 e. The minimum absolute atomic E-state index is 0.0223. The smallest absolute Gasteiger partial charge is 0.250 e. The van der Waals surface area contributed by atoms with Gasteiger partial charge in [-0.2, -0.15) is 0 Å². The molecule has 5 nitrogen and oxygen atoms in total. The highest BCUT2D eigenvalue weighted by molar-refractivity contribution is 7.80. The lowest BCUT2D eigenvalue weighted by Crippen LogP contribution is -2.32. The fourth-order valence-electron chi connectivity index (χ4n) is 2.28. The van der Waals surface area contributed by atoms with Crippen molar-refractivity contribution in [3.8, 4) is 0 Å². The lowest BCUT2D eigenvalue weighted by Gasteiger charge is -2.10. The average molecular weight is 416 g/mol. The van der Waals surface area contributed by atoms with E-state index in [1.807, 2.05) is 26.0 Å². The molecule has 0 atom stereocenters. The summed E-state index contributed by atoms with van der Waals surface area (Å²) >= 11 is 11.0. The van der Waals surface area contributed by atoms with Crippen LogP contribution < -0.4 is 16.0 Å². The van der Waals surface area contributed by atoms with Crippen LogP contribution >= 0.6 is 23.8 Å². The summed E-state index contributed by atoms with van der Waals surface area (Å²) < 4.78 is 0. The zero-order chi connectivity index (χ0) is 20.5. The first-order valence-electron chi connectivity index (χ1n) is 8.77. The van der Waals surface area contributed by atoms with Crippen molar-refractivity contribution in [3.05, 3.63) is 65.2 Å². The van der Waals surface area contributed by atoms with Crippen molar-refractivity contribution in [1.29, 1.82) is 0 Å². The van der Waals surface area contributed by atoms with E-state index in [9.17, 15) is 9.59 Å². The Balaban J connectivity index is 1.82. The molecule has 0 aliphatic carbocycles. The molecule has 28 heavy (non-hydrogen) atoms. The molecule has 0 aromatic heterocycles. The van der Waals surface area contributed by atoms with Crippen molar-refractivity contribution in [3.63, 3.8) is 0 Å². The van der Waals surface area contributed by atoms with Gasteiger partial charge < -0.3 is 10.6 Å². The first kappa shape index (κ1) is 21.6. The molecular formula is C21H22ClN3O2S. The number of carbonyl (C=O) groups excluding carboxylic acids is 2. The van der Waals surface area contributed by atoms with E-state index >= 15 is 0 Å². The topological polar surface area (TPSA) is 70.2 Å². The summed E-state index contributed by atoms with van der Waals surface area (Å²) in [7, 11) is 0. The number of thiocarbonyl (C=S) groups is 1. The second-order valence-corrected chi connectivity index (χ2v) is 7.40. The molecule has 0 aliphatic rings. The van der Waals surface area contributed by atoms with Gasteiger partial charge in [-0.05, 0) is 66.2 Å². The maximum Gasteiger partial charge on any atom is 0.250 e. The van der Waals surface area contributed by atoms with Crippen LogP contribution in [0.3, 0.4) is 0 Å². The van der Waals surface area contributed by atoms with Crippen LogP contribution in [0.4, 0.5) is 11.4 Å². The maximum absolute atomic E-state index is 11.9. The number of rotatable bonds is 6. The molecule has 7 heteroatoms. The number of halogens is 1.